The van der Waals surface area contributed by atoms with Gasteiger partial charge < -0.3 is 20.9 Å². The Morgan fingerprint density at radius 2 is 1.81 bits per heavy atom. The molecule has 21 heavy (non-hydrogen) atoms. The molecule has 4 N–H and O–H groups in total. The second-order valence-corrected chi connectivity index (χ2v) is 4.61. The minimum Gasteiger partial charge on any atom is -0.491 e. The number of nitrogens with two attached hydrogens (primary N) is 1. The molecule has 2 rings (SSSR count). The topological polar surface area (TPSA) is 84.6 Å². The molecule has 2 aromatic rings. The molecule has 0 aliphatic heterocycles. The van der Waals surface area contributed by atoms with Gasteiger partial charge in [-0.05, 0) is 36.4 Å². The monoisotopic (exact) mass is 286 g/mol. The van der Waals surface area contributed by atoms with E-state index in [0.717, 1.165) is 0 Å². The highest BCUT2D eigenvalue weighted by Crippen LogP contribution is 2.08. The van der Waals surface area contributed by atoms with Gasteiger partial charge in [-0.25, -0.2) is 0 Å². The van der Waals surface area contributed by atoms with Crippen LogP contribution in [0.4, 0.5) is 5.69 Å². The maximum absolute atomic E-state index is 11.8. The number of nitrogen functional groups attached to an aromatic ring is 1. The molecule has 5 heteroatoms. The molecular weight excluding hydrogens is 268 g/mol. The SMILES string of the molecule is Nc1ccc(C(=O)NC[C@H](O)COc2ccccc2)cc1. The molecule has 0 bridgehead atoms. The third-order valence-corrected chi connectivity index (χ3v) is 2.86. The first-order chi connectivity index (χ1) is 10.1. The van der Waals surface area contributed by atoms with E-state index in [0.29, 0.717) is 17.0 Å². The van der Waals surface area contributed by atoms with Crippen molar-refractivity contribution in [3.63, 3.8) is 0 Å². The van der Waals surface area contributed by atoms with Crippen LogP contribution in [0, 0.1) is 0 Å². The third-order valence-electron chi connectivity index (χ3n) is 2.86. The Balaban J connectivity index is 1.74. The zero-order valence-corrected chi connectivity index (χ0v) is 11.5. The molecule has 110 valence electrons. The molecule has 0 fully saturated rings. The van der Waals surface area contributed by atoms with Crippen LogP contribution in [0.25, 0.3) is 0 Å². The van der Waals surface area contributed by atoms with Gasteiger partial charge in [0.2, 0.25) is 0 Å². The molecule has 0 aromatic heterocycles. The van der Waals surface area contributed by atoms with E-state index in [4.69, 9.17) is 10.5 Å². The summed E-state index contributed by atoms with van der Waals surface area (Å²) in [5.41, 5.74) is 6.66. The van der Waals surface area contributed by atoms with Gasteiger partial charge in [-0.15, -0.1) is 0 Å². The fourth-order valence-electron chi connectivity index (χ4n) is 1.72. The fraction of sp³-hybridized carbons (Fsp3) is 0.188. The van der Waals surface area contributed by atoms with Crippen LogP contribution in [-0.4, -0.2) is 30.3 Å². The van der Waals surface area contributed by atoms with E-state index >= 15 is 0 Å². The van der Waals surface area contributed by atoms with Crippen LogP contribution >= 0.6 is 0 Å². The van der Waals surface area contributed by atoms with Gasteiger partial charge in [0.15, 0.2) is 0 Å². The Hall–Kier alpha value is -2.53. The number of hydrogen-bond acceptors (Lipinski definition) is 4. The number of para-hydroxylation sites is 1. The quantitative estimate of drug-likeness (QED) is 0.701. The van der Waals surface area contributed by atoms with Gasteiger partial charge in [0.25, 0.3) is 5.91 Å². The van der Waals surface area contributed by atoms with E-state index in [2.05, 4.69) is 5.32 Å². The number of hydrogen-bond donors (Lipinski definition) is 3. The molecule has 0 aliphatic rings. The predicted molar refractivity (Wildman–Crippen MR) is 81.1 cm³/mol. The van der Waals surface area contributed by atoms with E-state index in [-0.39, 0.29) is 19.1 Å². The summed E-state index contributed by atoms with van der Waals surface area (Å²) in [5.74, 6) is 0.426. The summed E-state index contributed by atoms with van der Waals surface area (Å²) in [7, 11) is 0. The predicted octanol–water partition coefficient (Wildman–Crippen LogP) is 1.44. The van der Waals surface area contributed by atoms with Crippen LogP contribution in [0.2, 0.25) is 0 Å². The van der Waals surface area contributed by atoms with E-state index in [9.17, 15) is 9.90 Å². The molecule has 1 atom stereocenters. The van der Waals surface area contributed by atoms with Crippen LogP contribution in [-0.2, 0) is 0 Å². The molecule has 0 saturated carbocycles. The smallest absolute Gasteiger partial charge is 0.251 e. The summed E-state index contributed by atoms with van der Waals surface area (Å²) in [4.78, 5) is 11.8. The van der Waals surface area contributed by atoms with Gasteiger partial charge in [0.1, 0.15) is 18.5 Å². The molecule has 1 amide bonds. The van der Waals surface area contributed by atoms with Crippen LogP contribution < -0.4 is 15.8 Å². The Bertz CT molecular complexity index is 570. The van der Waals surface area contributed by atoms with Crippen molar-refractivity contribution in [1.29, 1.82) is 0 Å². The molecule has 0 spiro atoms. The molecule has 0 unspecified atom stereocenters. The number of rotatable bonds is 6. The minimum absolute atomic E-state index is 0.117. The summed E-state index contributed by atoms with van der Waals surface area (Å²) in [6.45, 7) is 0.238. The Morgan fingerprint density at radius 1 is 1.14 bits per heavy atom. The molecular formula is C16H18N2O3. The highest BCUT2D eigenvalue weighted by Gasteiger charge is 2.09. The summed E-state index contributed by atoms with van der Waals surface area (Å²) in [6.07, 6.45) is -0.775. The second kappa shape index (κ2) is 7.31. The zero-order valence-electron chi connectivity index (χ0n) is 11.5. The van der Waals surface area contributed by atoms with E-state index in [1.807, 2.05) is 18.2 Å². The lowest BCUT2D eigenvalue weighted by molar-refractivity contribution is 0.0844. The molecule has 2 aromatic carbocycles. The Kier molecular flexibility index (Phi) is 5.17. The van der Waals surface area contributed by atoms with Crippen LogP contribution in [0.1, 0.15) is 10.4 Å². The summed E-state index contributed by atoms with van der Waals surface area (Å²) in [5, 5.41) is 12.4. The first kappa shape index (κ1) is 14.9. The Morgan fingerprint density at radius 3 is 2.48 bits per heavy atom. The van der Waals surface area contributed by atoms with E-state index < -0.39 is 6.10 Å². The van der Waals surface area contributed by atoms with Crippen molar-refractivity contribution in [2.45, 2.75) is 6.10 Å². The van der Waals surface area contributed by atoms with Gasteiger partial charge >= 0.3 is 0 Å². The largest absolute Gasteiger partial charge is 0.491 e. The van der Waals surface area contributed by atoms with E-state index in [1.165, 1.54) is 0 Å². The highest BCUT2D eigenvalue weighted by molar-refractivity contribution is 5.94. The normalized spacial score (nSPS) is 11.7. The number of benzene rings is 2. The number of nitrogens with one attached hydrogen (secondary N) is 1. The molecule has 0 heterocycles. The van der Waals surface area contributed by atoms with Crippen molar-refractivity contribution in [3.05, 3.63) is 60.2 Å². The summed E-state index contributed by atoms with van der Waals surface area (Å²) >= 11 is 0. The van der Waals surface area contributed by atoms with Crippen LogP contribution in [0.3, 0.4) is 0 Å². The number of carbonyl (C=O) groups is 1. The van der Waals surface area contributed by atoms with Crippen molar-refractivity contribution in [2.75, 3.05) is 18.9 Å². The number of anilines is 1. The fourth-order valence-corrected chi connectivity index (χ4v) is 1.72. The lowest BCUT2D eigenvalue weighted by Gasteiger charge is -2.13. The average molecular weight is 286 g/mol. The van der Waals surface area contributed by atoms with Crippen molar-refractivity contribution in [1.82, 2.24) is 5.32 Å². The first-order valence-electron chi connectivity index (χ1n) is 6.65. The maximum atomic E-state index is 11.8. The number of ether oxygens (including phenoxy) is 1. The lowest BCUT2D eigenvalue weighted by Crippen LogP contribution is -2.35. The average Bonchev–Trinajstić information content (AvgIpc) is 2.52. The van der Waals surface area contributed by atoms with Crippen molar-refractivity contribution >= 4 is 11.6 Å². The zero-order chi connectivity index (χ0) is 15.1. The van der Waals surface area contributed by atoms with Gasteiger partial charge in [-0.2, -0.15) is 0 Å². The molecule has 0 radical (unpaired) electrons. The lowest BCUT2D eigenvalue weighted by atomic mass is 10.2. The summed E-state index contributed by atoms with van der Waals surface area (Å²) in [6, 6.07) is 15.8. The number of aliphatic hydroxyl groups is 1. The number of aliphatic hydroxyl groups excluding tert-OH is 1. The molecule has 0 saturated heterocycles. The third kappa shape index (κ3) is 4.81. The maximum Gasteiger partial charge on any atom is 0.251 e. The number of amides is 1. The molecule has 0 aliphatic carbocycles. The first-order valence-corrected chi connectivity index (χ1v) is 6.65. The van der Waals surface area contributed by atoms with E-state index in [1.54, 1.807) is 36.4 Å². The van der Waals surface area contributed by atoms with Crippen LogP contribution in [0.5, 0.6) is 5.75 Å². The highest BCUT2D eigenvalue weighted by atomic mass is 16.5. The van der Waals surface area contributed by atoms with Gasteiger partial charge in [-0.3, -0.25) is 4.79 Å². The van der Waals surface area contributed by atoms with Crippen molar-refractivity contribution < 1.29 is 14.6 Å². The minimum atomic E-state index is -0.775. The molecule has 5 nitrogen and oxygen atoms in total. The van der Waals surface area contributed by atoms with Gasteiger partial charge in [0.05, 0.1) is 0 Å². The van der Waals surface area contributed by atoms with Crippen molar-refractivity contribution in [3.8, 4) is 5.75 Å². The van der Waals surface area contributed by atoms with Gasteiger partial charge in [0, 0.05) is 17.8 Å². The van der Waals surface area contributed by atoms with Crippen LogP contribution in [0.15, 0.2) is 54.6 Å². The number of carbonyl (C=O) groups excluding carboxylic acids is 1. The summed E-state index contributed by atoms with van der Waals surface area (Å²) < 4.78 is 5.40. The van der Waals surface area contributed by atoms with Gasteiger partial charge in [-0.1, -0.05) is 18.2 Å². The van der Waals surface area contributed by atoms with Crippen molar-refractivity contribution in [2.24, 2.45) is 0 Å². The second-order valence-electron chi connectivity index (χ2n) is 4.61. The Labute approximate surface area is 123 Å². The standard InChI is InChI=1S/C16H18N2O3/c17-13-8-6-12(7-9-13)16(20)18-10-14(19)11-21-15-4-2-1-3-5-15/h1-9,14,19H,10-11,17H2,(H,18,20)/t14-/m0/s1.